The number of carbonyl (C=O) groups is 1. The number of aromatic nitrogens is 1. The summed E-state index contributed by atoms with van der Waals surface area (Å²) in [7, 11) is 0. The minimum Gasteiger partial charge on any atom is -0.508 e. The molecule has 1 aromatic heterocycles. The van der Waals surface area contributed by atoms with Crippen molar-refractivity contribution in [1.82, 2.24) is 4.98 Å². The maximum absolute atomic E-state index is 12.2. The smallest absolute Gasteiger partial charge is 0.257 e. The van der Waals surface area contributed by atoms with Gasteiger partial charge in [0.15, 0.2) is 0 Å². The van der Waals surface area contributed by atoms with Gasteiger partial charge >= 0.3 is 0 Å². The van der Waals surface area contributed by atoms with Gasteiger partial charge in [-0.25, -0.2) is 0 Å². The van der Waals surface area contributed by atoms with Crippen LogP contribution in [0.15, 0.2) is 54.7 Å². The summed E-state index contributed by atoms with van der Waals surface area (Å²) in [4.78, 5) is 15.2. The fourth-order valence-corrected chi connectivity index (χ4v) is 2.02. The Balaban J connectivity index is 1.96. The van der Waals surface area contributed by atoms with Crippen LogP contribution in [0.1, 0.15) is 10.4 Å². The Bertz CT molecular complexity index is 732. The van der Waals surface area contributed by atoms with E-state index in [1.807, 2.05) is 30.3 Å². The van der Waals surface area contributed by atoms with Crippen molar-refractivity contribution >= 4 is 22.5 Å². The van der Waals surface area contributed by atoms with Gasteiger partial charge in [-0.2, -0.15) is 0 Å². The number of anilines is 1. The molecule has 0 atom stereocenters. The van der Waals surface area contributed by atoms with Crippen molar-refractivity contribution in [3.05, 3.63) is 60.3 Å². The molecule has 3 aromatic rings. The number of H-pyrrole nitrogens is 1. The third-order valence-corrected chi connectivity index (χ3v) is 2.94. The average molecular weight is 252 g/mol. The van der Waals surface area contributed by atoms with E-state index < -0.39 is 0 Å². The maximum Gasteiger partial charge on any atom is 0.257 e. The summed E-state index contributed by atoms with van der Waals surface area (Å²) in [6, 6.07) is 14.1. The van der Waals surface area contributed by atoms with Crippen LogP contribution < -0.4 is 5.32 Å². The molecule has 0 fully saturated rings. The minimum atomic E-state index is -0.206. The second-order valence-electron chi connectivity index (χ2n) is 4.25. The summed E-state index contributed by atoms with van der Waals surface area (Å²) >= 11 is 0. The van der Waals surface area contributed by atoms with Crippen LogP contribution in [-0.2, 0) is 0 Å². The Labute approximate surface area is 109 Å². The van der Waals surface area contributed by atoms with Crippen LogP contribution in [0.4, 0.5) is 5.69 Å². The number of hydrogen-bond donors (Lipinski definition) is 3. The van der Waals surface area contributed by atoms with Crippen LogP contribution in [0.5, 0.6) is 5.75 Å². The van der Waals surface area contributed by atoms with Gasteiger partial charge in [-0.3, -0.25) is 4.79 Å². The average Bonchev–Trinajstić information content (AvgIpc) is 2.82. The van der Waals surface area contributed by atoms with Gasteiger partial charge in [0, 0.05) is 22.8 Å². The molecule has 0 spiro atoms. The Morgan fingerprint density at radius 3 is 2.68 bits per heavy atom. The fraction of sp³-hybridized carbons (Fsp3) is 0. The van der Waals surface area contributed by atoms with Crippen molar-refractivity contribution in [2.45, 2.75) is 0 Å². The zero-order valence-electron chi connectivity index (χ0n) is 10.1. The van der Waals surface area contributed by atoms with Gasteiger partial charge in [0.2, 0.25) is 0 Å². The topological polar surface area (TPSA) is 65.1 Å². The molecule has 0 aliphatic heterocycles. The van der Waals surface area contributed by atoms with E-state index in [2.05, 4.69) is 10.3 Å². The number of amides is 1. The number of benzene rings is 2. The summed E-state index contributed by atoms with van der Waals surface area (Å²) in [6.45, 7) is 0. The number of phenols is 1. The van der Waals surface area contributed by atoms with Crippen molar-refractivity contribution in [2.75, 3.05) is 5.32 Å². The molecule has 4 nitrogen and oxygen atoms in total. The van der Waals surface area contributed by atoms with Crippen molar-refractivity contribution in [3.8, 4) is 5.75 Å². The van der Waals surface area contributed by atoms with Crippen molar-refractivity contribution in [3.63, 3.8) is 0 Å². The fourth-order valence-electron chi connectivity index (χ4n) is 2.02. The number of rotatable bonds is 2. The standard InChI is InChI=1S/C15H12N2O2/c18-11-6-7-14-12(8-11)13(9-16-14)15(19)17-10-4-2-1-3-5-10/h1-9,16,18H,(H,17,19). The molecular formula is C15H12N2O2. The van der Waals surface area contributed by atoms with E-state index in [0.717, 1.165) is 11.2 Å². The van der Waals surface area contributed by atoms with Gasteiger partial charge in [-0.05, 0) is 30.3 Å². The quantitative estimate of drug-likeness (QED) is 0.656. The Hall–Kier alpha value is -2.75. The monoisotopic (exact) mass is 252 g/mol. The lowest BCUT2D eigenvalue weighted by atomic mass is 10.1. The third kappa shape index (κ3) is 2.15. The molecule has 0 radical (unpaired) electrons. The molecule has 0 saturated carbocycles. The van der Waals surface area contributed by atoms with E-state index in [9.17, 15) is 9.90 Å². The SMILES string of the molecule is O=C(Nc1ccccc1)c1c[nH]c2ccc(O)cc12. The molecule has 1 heterocycles. The predicted molar refractivity (Wildman–Crippen MR) is 74.4 cm³/mol. The number of hydrogen-bond acceptors (Lipinski definition) is 2. The highest BCUT2D eigenvalue weighted by molar-refractivity contribution is 6.12. The number of phenolic OH excluding ortho intramolecular Hbond substituents is 1. The van der Waals surface area contributed by atoms with Crippen molar-refractivity contribution < 1.29 is 9.90 Å². The summed E-state index contributed by atoms with van der Waals surface area (Å²) in [5.74, 6) is -0.0658. The largest absolute Gasteiger partial charge is 0.508 e. The van der Waals surface area contributed by atoms with Gasteiger partial charge in [0.25, 0.3) is 5.91 Å². The molecule has 0 aliphatic carbocycles. The number of aromatic amines is 1. The van der Waals surface area contributed by atoms with E-state index in [1.165, 1.54) is 0 Å². The van der Waals surface area contributed by atoms with Crippen LogP contribution in [-0.4, -0.2) is 16.0 Å². The molecule has 0 saturated heterocycles. The molecule has 4 heteroatoms. The molecule has 0 unspecified atom stereocenters. The molecule has 3 rings (SSSR count). The molecule has 2 aromatic carbocycles. The highest BCUT2D eigenvalue weighted by Gasteiger charge is 2.12. The first-order chi connectivity index (χ1) is 9.24. The van der Waals surface area contributed by atoms with Crippen LogP contribution in [0.25, 0.3) is 10.9 Å². The molecule has 0 bridgehead atoms. The highest BCUT2D eigenvalue weighted by atomic mass is 16.3. The number of carbonyl (C=O) groups excluding carboxylic acids is 1. The van der Waals surface area contributed by atoms with E-state index >= 15 is 0 Å². The zero-order valence-corrected chi connectivity index (χ0v) is 10.1. The summed E-state index contributed by atoms with van der Waals surface area (Å²) in [5.41, 5.74) is 2.06. The first-order valence-corrected chi connectivity index (χ1v) is 5.90. The lowest BCUT2D eigenvalue weighted by Gasteiger charge is -2.03. The Morgan fingerprint density at radius 1 is 1.11 bits per heavy atom. The zero-order chi connectivity index (χ0) is 13.2. The van der Waals surface area contributed by atoms with Crippen molar-refractivity contribution in [1.29, 1.82) is 0 Å². The van der Waals surface area contributed by atoms with Crippen LogP contribution >= 0.6 is 0 Å². The minimum absolute atomic E-state index is 0.140. The van der Waals surface area contributed by atoms with Gasteiger partial charge in [-0.1, -0.05) is 18.2 Å². The normalized spacial score (nSPS) is 10.5. The predicted octanol–water partition coefficient (Wildman–Crippen LogP) is 3.13. The number of para-hydroxylation sites is 1. The molecular weight excluding hydrogens is 240 g/mol. The number of nitrogens with one attached hydrogen (secondary N) is 2. The molecule has 94 valence electrons. The first-order valence-electron chi connectivity index (χ1n) is 5.90. The third-order valence-electron chi connectivity index (χ3n) is 2.94. The van der Waals surface area contributed by atoms with E-state index in [1.54, 1.807) is 24.4 Å². The lowest BCUT2D eigenvalue weighted by molar-refractivity contribution is 0.102. The Morgan fingerprint density at radius 2 is 1.89 bits per heavy atom. The van der Waals surface area contributed by atoms with Gasteiger partial charge in [-0.15, -0.1) is 0 Å². The highest BCUT2D eigenvalue weighted by Crippen LogP contribution is 2.23. The first kappa shape index (κ1) is 11.3. The van der Waals surface area contributed by atoms with E-state index in [0.29, 0.717) is 10.9 Å². The Kier molecular flexibility index (Phi) is 2.68. The van der Waals surface area contributed by atoms with E-state index in [4.69, 9.17) is 0 Å². The summed E-state index contributed by atoms with van der Waals surface area (Å²) in [6.07, 6.45) is 1.64. The van der Waals surface area contributed by atoms with Gasteiger partial charge in [0.05, 0.1) is 5.56 Å². The summed E-state index contributed by atoms with van der Waals surface area (Å²) in [5, 5.41) is 13.0. The molecule has 3 N–H and O–H groups in total. The molecule has 1 amide bonds. The van der Waals surface area contributed by atoms with Gasteiger partial charge in [0.1, 0.15) is 5.75 Å². The number of aromatic hydroxyl groups is 1. The molecule has 0 aliphatic rings. The van der Waals surface area contributed by atoms with Crippen molar-refractivity contribution in [2.24, 2.45) is 0 Å². The summed E-state index contributed by atoms with van der Waals surface area (Å²) < 4.78 is 0. The lowest BCUT2D eigenvalue weighted by Crippen LogP contribution is -2.11. The van der Waals surface area contributed by atoms with Crippen LogP contribution in [0.3, 0.4) is 0 Å². The van der Waals surface area contributed by atoms with Gasteiger partial charge < -0.3 is 15.4 Å². The molecule has 19 heavy (non-hydrogen) atoms. The maximum atomic E-state index is 12.2. The number of fused-ring (bicyclic) bond motifs is 1. The van der Waals surface area contributed by atoms with Crippen LogP contribution in [0.2, 0.25) is 0 Å². The second kappa shape index (κ2) is 4.49. The van der Waals surface area contributed by atoms with Crippen LogP contribution in [0, 0.1) is 0 Å². The second-order valence-corrected chi connectivity index (χ2v) is 4.25. The van der Waals surface area contributed by atoms with E-state index in [-0.39, 0.29) is 11.7 Å².